The molecular weight excluding hydrogens is 677 g/mol. The van der Waals surface area contributed by atoms with E-state index in [9.17, 15) is 4.79 Å². The summed E-state index contributed by atoms with van der Waals surface area (Å²) in [6, 6.07) is 8.44. The Balaban J connectivity index is 2.97. The number of benzene rings is 1. The van der Waals surface area contributed by atoms with Crippen molar-refractivity contribution in [2.75, 3.05) is 0 Å². The highest BCUT2D eigenvalue weighted by Gasteiger charge is 2.42. The van der Waals surface area contributed by atoms with E-state index in [1.165, 1.54) is 76.2 Å². The summed E-state index contributed by atoms with van der Waals surface area (Å²) in [5.41, 5.74) is 1.18. The maximum Gasteiger partial charge on any atom is 0.250 e. The predicted molar refractivity (Wildman–Crippen MR) is 232 cm³/mol. The van der Waals surface area contributed by atoms with Gasteiger partial charge in [-0.2, -0.15) is 0 Å². The van der Waals surface area contributed by atoms with Gasteiger partial charge < -0.3 is 13.3 Å². The fraction of sp³-hybridized carbons (Fsp3) is 0.841. The number of rotatable bonds is 25. The maximum atomic E-state index is 13.7. The SMILES string of the molecule is CCCCCCCCCCCCC[C@H](C[C@H](CC(=O)CCc1ccc(O[Si](C)(C)C(C)(C)C)cc1)O[Si](C)(C)C(C)(C)C)O[Si](C)(C)C(C)(C)C. The lowest BCUT2D eigenvalue weighted by Crippen LogP contribution is -2.47. The van der Waals surface area contributed by atoms with Crippen molar-refractivity contribution in [2.24, 2.45) is 0 Å². The van der Waals surface area contributed by atoms with Gasteiger partial charge in [0, 0.05) is 18.9 Å². The van der Waals surface area contributed by atoms with E-state index in [2.05, 4.69) is 133 Å². The van der Waals surface area contributed by atoms with Gasteiger partial charge in [0.15, 0.2) is 16.6 Å². The lowest BCUT2D eigenvalue weighted by Gasteiger charge is -2.42. The van der Waals surface area contributed by atoms with Crippen LogP contribution in [0.4, 0.5) is 0 Å². The summed E-state index contributed by atoms with van der Waals surface area (Å²) in [7, 11) is -5.98. The first-order valence-corrected chi connectivity index (χ1v) is 29.7. The van der Waals surface area contributed by atoms with Crippen LogP contribution < -0.4 is 4.43 Å². The van der Waals surface area contributed by atoms with Crippen LogP contribution in [0, 0.1) is 0 Å². The van der Waals surface area contributed by atoms with Gasteiger partial charge in [-0.3, -0.25) is 4.79 Å². The lowest BCUT2D eigenvalue weighted by atomic mass is 9.98. The molecule has 0 radical (unpaired) electrons. The van der Waals surface area contributed by atoms with Crippen LogP contribution in [0.3, 0.4) is 0 Å². The molecule has 0 aliphatic heterocycles. The van der Waals surface area contributed by atoms with Crippen LogP contribution in [0.1, 0.15) is 171 Å². The molecule has 0 heterocycles. The summed E-state index contributed by atoms with van der Waals surface area (Å²) < 4.78 is 20.7. The third-order valence-corrected chi connectivity index (χ3v) is 25.9. The van der Waals surface area contributed by atoms with Crippen LogP contribution in [0.15, 0.2) is 24.3 Å². The van der Waals surface area contributed by atoms with Gasteiger partial charge in [-0.15, -0.1) is 0 Å². The fourth-order valence-corrected chi connectivity index (χ4v) is 9.52. The maximum absolute atomic E-state index is 13.7. The van der Waals surface area contributed by atoms with E-state index in [-0.39, 0.29) is 27.3 Å². The quantitative estimate of drug-likeness (QED) is 0.0735. The van der Waals surface area contributed by atoms with Gasteiger partial charge in [-0.25, -0.2) is 0 Å². The van der Waals surface area contributed by atoms with Gasteiger partial charge in [0.25, 0.3) is 0 Å². The zero-order valence-corrected chi connectivity index (χ0v) is 39.9. The molecule has 0 aliphatic carbocycles. The number of aryl methyl sites for hydroxylation is 1. The minimum Gasteiger partial charge on any atom is -0.544 e. The topological polar surface area (TPSA) is 44.8 Å². The molecule has 2 atom stereocenters. The third kappa shape index (κ3) is 18.4. The average Bonchev–Trinajstić information content (AvgIpc) is 2.97. The lowest BCUT2D eigenvalue weighted by molar-refractivity contribution is -0.121. The number of carbonyl (C=O) groups is 1. The number of hydrogen-bond acceptors (Lipinski definition) is 4. The molecule has 0 bridgehead atoms. The minimum absolute atomic E-state index is 0.0777. The van der Waals surface area contributed by atoms with E-state index in [1.807, 2.05) is 0 Å². The number of Topliss-reactive ketones (excluding diaryl/α,β-unsaturated/α-hetero) is 1. The van der Waals surface area contributed by atoms with Crippen molar-refractivity contribution in [1.82, 2.24) is 0 Å². The summed E-state index contributed by atoms with van der Waals surface area (Å²) in [5, 5.41) is 0.371. The highest BCUT2D eigenvalue weighted by Crippen LogP contribution is 2.41. The first kappa shape index (κ1) is 48.3. The second-order valence-electron chi connectivity index (χ2n) is 20.3. The van der Waals surface area contributed by atoms with Crippen LogP contribution >= 0.6 is 0 Å². The monoisotopic (exact) mass is 763 g/mol. The molecule has 0 aliphatic rings. The van der Waals surface area contributed by atoms with Crippen LogP contribution in [-0.2, 0) is 20.1 Å². The van der Waals surface area contributed by atoms with E-state index in [4.69, 9.17) is 13.3 Å². The molecule has 298 valence electrons. The molecule has 51 heavy (non-hydrogen) atoms. The third-order valence-electron chi connectivity index (χ3n) is 12.4. The summed E-state index contributed by atoms with van der Waals surface area (Å²) in [4.78, 5) is 13.7. The molecule has 7 heteroatoms. The molecule has 1 aromatic rings. The Bertz CT molecular complexity index is 1110. The number of hydrogen-bond donors (Lipinski definition) is 0. The second kappa shape index (κ2) is 21.4. The van der Waals surface area contributed by atoms with E-state index < -0.39 is 25.0 Å². The largest absolute Gasteiger partial charge is 0.544 e. The van der Waals surface area contributed by atoms with Gasteiger partial charge in [0.2, 0.25) is 8.32 Å². The zero-order valence-electron chi connectivity index (χ0n) is 36.9. The van der Waals surface area contributed by atoms with Crippen molar-refractivity contribution < 1.29 is 18.1 Å². The van der Waals surface area contributed by atoms with Gasteiger partial charge in [0.05, 0.1) is 6.10 Å². The second-order valence-corrected chi connectivity index (χ2v) is 34.5. The molecule has 0 saturated heterocycles. The Morgan fingerprint density at radius 3 is 1.43 bits per heavy atom. The number of unbranched alkanes of at least 4 members (excludes halogenated alkanes) is 10. The first-order valence-electron chi connectivity index (χ1n) is 21.0. The minimum atomic E-state index is -2.10. The van der Waals surface area contributed by atoms with Crippen LogP contribution in [0.2, 0.25) is 54.4 Å². The Kier molecular flexibility index (Phi) is 20.2. The molecule has 0 N–H and O–H groups in total. The van der Waals surface area contributed by atoms with Crippen molar-refractivity contribution in [2.45, 2.75) is 239 Å². The summed E-state index contributed by atoms with van der Waals surface area (Å²) in [5.74, 6) is 1.23. The Morgan fingerprint density at radius 2 is 1.00 bits per heavy atom. The van der Waals surface area contributed by atoms with E-state index in [0.29, 0.717) is 18.6 Å². The molecule has 0 saturated carbocycles. The molecule has 0 unspecified atom stereocenters. The standard InChI is InChI=1S/C44H86O4Si3/c1-17-18-19-20-21-22-23-24-25-26-27-28-40(47-50(13,14)43(5,6)7)36-41(48-51(15,16)44(8,9)10)35-38(45)32-29-37-30-33-39(34-31-37)46-49(11,12)42(2,3)4/h30-31,33-34,40-41H,17-29,32,35-36H2,1-16H3/t40-,41+/m1/s1. The Hall–Kier alpha value is -0.739. The van der Waals surface area contributed by atoms with Crippen molar-refractivity contribution >= 4 is 30.7 Å². The molecule has 1 rings (SSSR count). The summed E-state index contributed by atoms with van der Waals surface area (Å²) >= 11 is 0. The molecule has 0 spiro atoms. The Labute approximate surface area is 321 Å². The van der Waals surface area contributed by atoms with Gasteiger partial charge >= 0.3 is 0 Å². The highest BCUT2D eigenvalue weighted by atomic mass is 28.4. The van der Waals surface area contributed by atoms with E-state index in [0.717, 1.165) is 25.0 Å². The van der Waals surface area contributed by atoms with Gasteiger partial charge in [-0.1, -0.05) is 152 Å². The Morgan fingerprint density at radius 1 is 0.588 bits per heavy atom. The molecule has 0 fully saturated rings. The number of ketones is 1. The number of carbonyl (C=O) groups excluding carboxylic acids is 1. The molecule has 0 amide bonds. The summed E-state index contributed by atoms with van der Waals surface area (Å²) in [6.45, 7) is 36.9. The fourth-order valence-electron chi connectivity index (χ4n) is 5.73. The van der Waals surface area contributed by atoms with Crippen molar-refractivity contribution in [3.8, 4) is 5.75 Å². The molecular formula is C44H86O4Si3. The van der Waals surface area contributed by atoms with Crippen LogP contribution in [0.5, 0.6) is 5.75 Å². The average molecular weight is 763 g/mol. The molecule has 4 nitrogen and oxygen atoms in total. The van der Waals surface area contributed by atoms with Crippen molar-refractivity contribution in [3.05, 3.63) is 29.8 Å². The van der Waals surface area contributed by atoms with E-state index >= 15 is 0 Å². The molecule has 1 aromatic carbocycles. The first-order chi connectivity index (χ1) is 23.3. The predicted octanol–water partition coefficient (Wildman–Crippen LogP) is 14.8. The highest BCUT2D eigenvalue weighted by molar-refractivity contribution is 6.75. The van der Waals surface area contributed by atoms with Crippen LogP contribution in [-0.4, -0.2) is 42.9 Å². The van der Waals surface area contributed by atoms with Crippen molar-refractivity contribution in [1.29, 1.82) is 0 Å². The molecule has 0 aromatic heterocycles. The van der Waals surface area contributed by atoms with Gasteiger partial charge in [0.1, 0.15) is 11.5 Å². The van der Waals surface area contributed by atoms with Crippen LogP contribution in [0.25, 0.3) is 0 Å². The normalized spacial score (nSPS) is 14.8. The van der Waals surface area contributed by atoms with E-state index in [1.54, 1.807) is 0 Å². The van der Waals surface area contributed by atoms with Gasteiger partial charge in [-0.05, 0) is 91.4 Å². The van der Waals surface area contributed by atoms with Crippen molar-refractivity contribution in [3.63, 3.8) is 0 Å². The summed E-state index contributed by atoms with van der Waals surface area (Å²) in [6.07, 6.45) is 18.4. The zero-order chi connectivity index (χ0) is 39.2. The smallest absolute Gasteiger partial charge is 0.250 e.